The van der Waals surface area contributed by atoms with Crippen LogP contribution in [0.2, 0.25) is 0 Å². The quantitative estimate of drug-likeness (QED) is 0.878. The Labute approximate surface area is 122 Å². The van der Waals surface area contributed by atoms with E-state index in [1.807, 2.05) is 0 Å². The molecule has 0 saturated carbocycles. The molecule has 108 valence electrons. The van der Waals surface area contributed by atoms with Crippen molar-refractivity contribution in [3.8, 4) is 23.3 Å². The summed E-state index contributed by atoms with van der Waals surface area (Å²) < 4.78 is 23.9. The standard InChI is InChI=1S/C17H15FO3/c1-20-16-7-8-17(14(11-16)5-3-9-19)21-12-13-4-2-6-15(18)10-13/h2,4,6-8,10-11,19H,9,12H2,1H3. The molecule has 0 amide bonds. The Bertz CT molecular complexity index is 671. The monoisotopic (exact) mass is 286 g/mol. The van der Waals surface area contributed by atoms with Gasteiger partial charge in [0.2, 0.25) is 0 Å². The van der Waals surface area contributed by atoms with E-state index in [0.29, 0.717) is 17.1 Å². The maximum atomic E-state index is 13.1. The van der Waals surface area contributed by atoms with E-state index in [1.54, 1.807) is 37.4 Å². The zero-order valence-corrected chi connectivity index (χ0v) is 11.6. The van der Waals surface area contributed by atoms with Crippen LogP contribution in [0.4, 0.5) is 4.39 Å². The van der Waals surface area contributed by atoms with E-state index in [2.05, 4.69) is 11.8 Å². The molecule has 3 nitrogen and oxygen atoms in total. The van der Waals surface area contributed by atoms with Gasteiger partial charge in [0, 0.05) is 0 Å². The van der Waals surface area contributed by atoms with Gasteiger partial charge in [-0.2, -0.15) is 0 Å². The molecule has 0 aliphatic rings. The van der Waals surface area contributed by atoms with Crippen LogP contribution in [0.3, 0.4) is 0 Å². The van der Waals surface area contributed by atoms with Crippen LogP contribution in [0, 0.1) is 17.7 Å². The number of hydrogen-bond donors (Lipinski definition) is 1. The molecule has 0 saturated heterocycles. The van der Waals surface area contributed by atoms with Crippen LogP contribution in [0.5, 0.6) is 11.5 Å². The smallest absolute Gasteiger partial charge is 0.135 e. The van der Waals surface area contributed by atoms with E-state index >= 15 is 0 Å². The van der Waals surface area contributed by atoms with E-state index in [9.17, 15) is 4.39 Å². The van der Waals surface area contributed by atoms with Gasteiger partial charge < -0.3 is 14.6 Å². The number of aliphatic hydroxyl groups is 1. The maximum Gasteiger partial charge on any atom is 0.135 e. The Morgan fingerprint density at radius 1 is 1.19 bits per heavy atom. The normalized spacial score (nSPS) is 9.67. The summed E-state index contributed by atoms with van der Waals surface area (Å²) in [5.74, 6) is 6.28. The number of aliphatic hydroxyl groups excluding tert-OH is 1. The molecule has 0 unspecified atom stereocenters. The summed E-state index contributed by atoms with van der Waals surface area (Å²) in [5, 5.41) is 8.80. The van der Waals surface area contributed by atoms with Gasteiger partial charge in [-0.1, -0.05) is 24.0 Å². The van der Waals surface area contributed by atoms with Crippen molar-refractivity contribution in [3.63, 3.8) is 0 Å². The maximum absolute atomic E-state index is 13.1. The highest BCUT2D eigenvalue weighted by molar-refractivity contribution is 5.50. The van der Waals surface area contributed by atoms with Crippen molar-refractivity contribution < 1.29 is 19.0 Å². The highest BCUT2D eigenvalue weighted by Gasteiger charge is 2.05. The SMILES string of the molecule is COc1ccc(OCc2cccc(F)c2)c(C#CCO)c1. The van der Waals surface area contributed by atoms with Crippen LogP contribution in [-0.2, 0) is 6.61 Å². The Hall–Kier alpha value is -2.51. The van der Waals surface area contributed by atoms with Crippen molar-refractivity contribution in [1.29, 1.82) is 0 Å². The summed E-state index contributed by atoms with van der Waals surface area (Å²) in [5.41, 5.74) is 1.34. The molecule has 0 aliphatic carbocycles. The van der Waals surface area contributed by atoms with E-state index < -0.39 is 0 Å². The highest BCUT2D eigenvalue weighted by atomic mass is 19.1. The summed E-state index contributed by atoms with van der Waals surface area (Å²) >= 11 is 0. The Kier molecular flexibility index (Phi) is 5.19. The first kappa shape index (κ1) is 14.9. The van der Waals surface area contributed by atoms with Gasteiger partial charge in [-0.05, 0) is 35.9 Å². The van der Waals surface area contributed by atoms with Crippen LogP contribution in [-0.4, -0.2) is 18.8 Å². The minimum absolute atomic E-state index is 0.234. The van der Waals surface area contributed by atoms with Crippen LogP contribution in [0.25, 0.3) is 0 Å². The number of hydrogen-bond acceptors (Lipinski definition) is 3. The molecular formula is C17H15FO3. The summed E-state index contributed by atoms with van der Waals surface area (Å²) in [7, 11) is 1.56. The van der Waals surface area contributed by atoms with E-state index in [0.717, 1.165) is 5.56 Å². The molecular weight excluding hydrogens is 271 g/mol. The fraction of sp³-hybridized carbons (Fsp3) is 0.176. The van der Waals surface area contributed by atoms with Crippen LogP contribution < -0.4 is 9.47 Å². The molecule has 21 heavy (non-hydrogen) atoms. The second-order valence-electron chi connectivity index (χ2n) is 4.24. The predicted octanol–water partition coefficient (Wildman–Crippen LogP) is 2.76. The lowest BCUT2D eigenvalue weighted by molar-refractivity contribution is 0.304. The summed E-state index contributed by atoms with van der Waals surface area (Å²) in [4.78, 5) is 0. The van der Waals surface area contributed by atoms with E-state index in [-0.39, 0.29) is 19.0 Å². The fourth-order valence-corrected chi connectivity index (χ4v) is 1.78. The zero-order chi connectivity index (χ0) is 15.1. The Morgan fingerprint density at radius 3 is 2.76 bits per heavy atom. The molecule has 0 heterocycles. The summed E-state index contributed by atoms with van der Waals surface area (Å²) in [6, 6.07) is 11.4. The lowest BCUT2D eigenvalue weighted by atomic mass is 10.2. The van der Waals surface area contributed by atoms with Gasteiger partial charge in [-0.15, -0.1) is 0 Å². The first-order chi connectivity index (χ1) is 10.2. The van der Waals surface area contributed by atoms with Crippen LogP contribution in [0.15, 0.2) is 42.5 Å². The third-order valence-corrected chi connectivity index (χ3v) is 2.77. The molecule has 1 N–H and O–H groups in total. The van der Waals surface area contributed by atoms with Crippen molar-refractivity contribution >= 4 is 0 Å². The van der Waals surface area contributed by atoms with Crippen molar-refractivity contribution in [3.05, 3.63) is 59.4 Å². The fourth-order valence-electron chi connectivity index (χ4n) is 1.78. The van der Waals surface area contributed by atoms with Gasteiger partial charge in [0.1, 0.15) is 30.5 Å². The van der Waals surface area contributed by atoms with Crippen molar-refractivity contribution in [2.75, 3.05) is 13.7 Å². The van der Waals surface area contributed by atoms with Crippen LogP contribution in [0.1, 0.15) is 11.1 Å². The van der Waals surface area contributed by atoms with Gasteiger partial charge in [-0.3, -0.25) is 0 Å². The topological polar surface area (TPSA) is 38.7 Å². The molecule has 0 spiro atoms. The van der Waals surface area contributed by atoms with Gasteiger partial charge in [0.25, 0.3) is 0 Å². The molecule has 0 radical (unpaired) electrons. The average Bonchev–Trinajstić information content (AvgIpc) is 2.51. The number of benzene rings is 2. The molecule has 0 bridgehead atoms. The number of methoxy groups -OCH3 is 1. The van der Waals surface area contributed by atoms with E-state index in [1.165, 1.54) is 12.1 Å². The van der Waals surface area contributed by atoms with E-state index in [4.69, 9.17) is 14.6 Å². The van der Waals surface area contributed by atoms with Gasteiger partial charge >= 0.3 is 0 Å². The second-order valence-corrected chi connectivity index (χ2v) is 4.24. The summed E-state index contributed by atoms with van der Waals surface area (Å²) in [6.45, 7) is -0.00155. The van der Waals surface area contributed by atoms with Crippen molar-refractivity contribution in [1.82, 2.24) is 0 Å². The molecule has 0 aliphatic heterocycles. The molecule has 0 atom stereocenters. The van der Waals surface area contributed by atoms with Crippen LogP contribution >= 0.6 is 0 Å². The largest absolute Gasteiger partial charge is 0.497 e. The van der Waals surface area contributed by atoms with Crippen molar-refractivity contribution in [2.45, 2.75) is 6.61 Å². The second kappa shape index (κ2) is 7.32. The number of halogens is 1. The third kappa shape index (κ3) is 4.23. The minimum Gasteiger partial charge on any atom is -0.497 e. The van der Waals surface area contributed by atoms with Gasteiger partial charge in [0.05, 0.1) is 12.7 Å². The highest BCUT2D eigenvalue weighted by Crippen LogP contribution is 2.24. The minimum atomic E-state index is -0.300. The summed E-state index contributed by atoms with van der Waals surface area (Å²) in [6.07, 6.45) is 0. The molecule has 4 heteroatoms. The third-order valence-electron chi connectivity index (χ3n) is 2.77. The van der Waals surface area contributed by atoms with Gasteiger partial charge in [-0.25, -0.2) is 4.39 Å². The molecule has 0 fully saturated rings. The molecule has 2 aromatic carbocycles. The Morgan fingerprint density at radius 2 is 2.05 bits per heavy atom. The first-order valence-corrected chi connectivity index (χ1v) is 6.38. The predicted molar refractivity (Wildman–Crippen MR) is 77.7 cm³/mol. The molecule has 2 rings (SSSR count). The number of rotatable bonds is 4. The molecule has 2 aromatic rings. The van der Waals surface area contributed by atoms with Crippen molar-refractivity contribution in [2.24, 2.45) is 0 Å². The lowest BCUT2D eigenvalue weighted by Gasteiger charge is -2.10. The average molecular weight is 286 g/mol. The lowest BCUT2D eigenvalue weighted by Crippen LogP contribution is -1.98. The van der Waals surface area contributed by atoms with Gasteiger partial charge in [0.15, 0.2) is 0 Å². The zero-order valence-electron chi connectivity index (χ0n) is 11.6. The number of ether oxygens (including phenoxy) is 2. The molecule has 0 aromatic heterocycles. The Balaban J connectivity index is 2.18. The first-order valence-electron chi connectivity index (χ1n) is 6.38.